The van der Waals surface area contributed by atoms with Crippen molar-refractivity contribution in [2.75, 3.05) is 0 Å². The number of tetrazole rings is 1. The molecule has 0 fully saturated rings. The zero-order valence-corrected chi connectivity index (χ0v) is 19.4. The Kier molecular flexibility index (Phi) is 6.45. The number of nitrogens with zero attached hydrogens (tertiary/aromatic N) is 5. The Morgan fingerprint density at radius 3 is 2.51 bits per heavy atom. The van der Waals surface area contributed by atoms with Crippen LogP contribution in [-0.4, -0.2) is 30.1 Å². The molecule has 0 unspecified atom stereocenters. The van der Waals surface area contributed by atoms with Crippen LogP contribution in [0.15, 0.2) is 83.7 Å². The van der Waals surface area contributed by atoms with Gasteiger partial charge in [-0.15, -0.1) is 5.10 Å². The molecule has 7 nitrogen and oxygen atoms in total. The second-order valence-corrected chi connectivity index (χ2v) is 8.72. The molecule has 2 heterocycles. The molecule has 5 rings (SSSR count). The number of hydrogen-bond acceptors (Lipinski definition) is 5. The molecule has 1 N–H and O–H groups in total. The quantitative estimate of drug-likeness (QED) is 0.369. The Balaban J connectivity index is 1.43. The highest BCUT2D eigenvalue weighted by Gasteiger charge is 2.16. The fraction of sp³-hybridized carbons (Fsp3) is 0.185. The zero-order chi connectivity index (χ0) is 24.2. The highest BCUT2D eigenvalue weighted by Crippen LogP contribution is 2.17. The lowest BCUT2D eigenvalue weighted by atomic mass is 10.1. The SMILES string of the molecule is Cc1ccc2[nH]c(=O)c(CN(Cc3ccccc3)Cc3nnnn3Cc3ccc(F)cc3)cc2c1. The number of aromatic nitrogens is 5. The Hall–Kier alpha value is -4.17. The van der Waals surface area contributed by atoms with Gasteiger partial charge in [0.05, 0.1) is 13.1 Å². The van der Waals surface area contributed by atoms with Gasteiger partial charge in [-0.1, -0.05) is 54.1 Å². The third-order valence-electron chi connectivity index (χ3n) is 5.94. The highest BCUT2D eigenvalue weighted by atomic mass is 19.1. The smallest absolute Gasteiger partial charge is 0.252 e. The van der Waals surface area contributed by atoms with Crippen LogP contribution >= 0.6 is 0 Å². The van der Waals surface area contributed by atoms with Crippen molar-refractivity contribution < 1.29 is 4.39 Å². The molecule has 0 saturated carbocycles. The van der Waals surface area contributed by atoms with Gasteiger partial charge >= 0.3 is 0 Å². The molecular formula is C27H25FN6O. The number of aromatic amines is 1. The van der Waals surface area contributed by atoms with E-state index in [4.69, 9.17) is 0 Å². The predicted octanol–water partition coefficient (Wildman–Crippen LogP) is 4.21. The lowest BCUT2D eigenvalue weighted by Gasteiger charge is -2.22. The van der Waals surface area contributed by atoms with Crippen LogP contribution in [0.1, 0.15) is 28.1 Å². The van der Waals surface area contributed by atoms with E-state index in [1.165, 1.54) is 12.1 Å². The van der Waals surface area contributed by atoms with E-state index in [0.29, 0.717) is 37.6 Å². The first-order chi connectivity index (χ1) is 17.0. The largest absolute Gasteiger partial charge is 0.322 e. The van der Waals surface area contributed by atoms with Crippen molar-refractivity contribution in [2.24, 2.45) is 0 Å². The van der Waals surface area contributed by atoms with Gasteiger partial charge in [0.25, 0.3) is 5.56 Å². The number of pyridine rings is 1. The van der Waals surface area contributed by atoms with Crippen LogP contribution < -0.4 is 5.56 Å². The summed E-state index contributed by atoms with van der Waals surface area (Å²) in [6, 6.07) is 24.3. The molecule has 0 amide bonds. The van der Waals surface area contributed by atoms with Crippen molar-refractivity contribution in [1.29, 1.82) is 0 Å². The van der Waals surface area contributed by atoms with Crippen molar-refractivity contribution in [3.63, 3.8) is 0 Å². The number of nitrogens with one attached hydrogen (secondary N) is 1. The van der Waals surface area contributed by atoms with Crippen molar-refractivity contribution in [1.82, 2.24) is 30.1 Å². The van der Waals surface area contributed by atoms with Crippen molar-refractivity contribution in [2.45, 2.75) is 33.1 Å². The first kappa shape index (κ1) is 22.6. The number of rotatable bonds is 8. The molecule has 5 aromatic rings. The summed E-state index contributed by atoms with van der Waals surface area (Å²) in [5.41, 5.74) is 4.55. The molecule has 0 radical (unpaired) electrons. The monoisotopic (exact) mass is 468 g/mol. The highest BCUT2D eigenvalue weighted by molar-refractivity contribution is 5.79. The van der Waals surface area contributed by atoms with Gasteiger partial charge < -0.3 is 4.98 Å². The number of hydrogen-bond donors (Lipinski definition) is 1. The normalized spacial score (nSPS) is 11.4. The third kappa shape index (κ3) is 5.50. The molecular weight excluding hydrogens is 443 g/mol. The summed E-state index contributed by atoms with van der Waals surface area (Å²) in [5, 5.41) is 13.2. The van der Waals surface area contributed by atoms with Crippen molar-refractivity contribution >= 4 is 10.9 Å². The zero-order valence-electron chi connectivity index (χ0n) is 19.4. The van der Waals surface area contributed by atoms with E-state index in [2.05, 4.69) is 43.6 Å². The lowest BCUT2D eigenvalue weighted by Crippen LogP contribution is -2.28. The minimum Gasteiger partial charge on any atom is -0.322 e. The van der Waals surface area contributed by atoms with E-state index in [1.54, 1.807) is 16.8 Å². The van der Waals surface area contributed by atoms with Crippen LogP contribution in [0.3, 0.4) is 0 Å². The first-order valence-electron chi connectivity index (χ1n) is 11.4. The Bertz CT molecular complexity index is 1490. The van der Waals surface area contributed by atoms with E-state index in [0.717, 1.165) is 27.6 Å². The van der Waals surface area contributed by atoms with E-state index in [1.807, 2.05) is 43.3 Å². The summed E-state index contributed by atoms with van der Waals surface area (Å²) < 4.78 is 15.0. The lowest BCUT2D eigenvalue weighted by molar-refractivity contribution is 0.236. The second kappa shape index (κ2) is 9.99. The van der Waals surface area contributed by atoms with Gasteiger partial charge in [0.1, 0.15) is 5.82 Å². The summed E-state index contributed by atoms with van der Waals surface area (Å²) >= 11 is 0. The number of fused-ring (bicyclic) bond motifs is 1. The fourth-order valence-corrected chi connectivity index (χ4v) is 4.16. The Labute approximate surface area is 201 Å². The number of aryl methyl sites for hydroxylation is 1. The molecule has 35 heavy (non-hydrogen) atoms. The van der Waals surface area contributed by atoms with Crippen molar-refractivity contribution in [3.05, 3.63) is 123 Å². The van der Waals surface area contributed by atoms with E-state index in [-0.39, 0.29) is 11.4 Å². The molecule has 176 valence electrons. The van der Waals surface area contributed by atoms with Crippen molar-refractivity contribution in [3.8, 4) is 0 Å². The number of benzene rings is 3. The maximum Gasteiger partial charge on any atom is 0.252 e. The Morgan fingerprint density at radius 2 is 1.71 bits per heavy atom. The molecule has 0 saturated heterocycles. The second-order valence-electron chi connectivity index (χ2n) is 8.72. The van der Waals surface area contributed by atoms with Crippen LogP contribution in [0.4, 0.5) is 4.39 Å². The maximum atomic E-state index is 13.3. The summed E-state index contributed by atoms with van der Waals surface area (Å²) in [7, 11) is 0. The van der Waals surface area contributed by atoms with Gasteiger partial charge in [-0.05, 0) is 64.2 Å². The standard InChI is InChI=1S/C27H25FN6O/c1-19-7-12-25-22(13-19)14-23(27(35)29-25)17-33(15-20-5-3-2-4-6-20)18-26-30-31-32-34(26)16-21-8-10-24(28)11-9-21/h2-14H,15-18H2,1H3,(H,29,35). The number of halogens is 1. The minimum atomic E-state index is -0.282. The van der Waals surface area contributed by atoms with Crippen LogP contribution in [0.2, 0.25) is 0 Å². The average molecular weight is 469 g/mol. The first-order valence-corrected chi connectivity index (χ1v) is 11.4. The van der Waals surface area contributed by atoms with Crippen LogP contribution in [0.25, 0.3) is 10.9 Å². The van der Waals surface area contributed by atoms with Gasteiger partial charge in [-0.2, -0.15) is 0 Å². The van der Waals surface area contributed by atoms with Gasteiger partial charge in [0, 0.05) is 24.2 Å². The average Bonchev–Trinajstić information content (AvgIpc) is 3.28. The van der Waals surface area contributed by atoms with Crippen LogP contribution in [0.5, 0.6) is 0 Å². The predicted molar refractivity (Wildman–Crippen MR) is 132 cm³/mol. The molecule has 0 spiro atoms. The van der Waals surface area contributed by atoms with Gasteiger partial charge in [0.15, 0.2) is 5.82 Å². The van der Waals surface area contributed by atoms with E-state index in [9.17, 15) is 9.18 Å². The Morgan fingerprint density at radius 1 is 0.914 bits per heavy atom. The molecule has 3 aromatic carbocycles. The fourth-order valence-electron chi connectivity index (χ4n) is 4.16. The molecule has 0 aliphatic carbocycles. The van der Waals surface area contributed by atoms with Gasteiger partial charge in [-0.3, -0.25) is 9.69 Å². The van der Waals surface area contributed by atoms with Gasteiger partial charge in [0.2, 0.25) is 0 Å². The molecule has 0 aliphatic heterocycles. The van der Waals surface area contributed by atoms with E-state index >= 15 is 0 Å². The van der Waals surface area contributed by atoms with Crippen LogP contribution in [-0.2, 0) is 26.2 Å². The topological polar surface area (TPSA) is 79.7 Å². The molecule has 2 aromatic heterocycles. The molecule has 0 aliphatic rings. The summed E-state index contributed by atoms with van der Waals surface area (Å²) in [6.45, 7) is 3.95. The minimum absolute atomic E-state index is 0.106. The maximum absolute atomic E-state index is 13.3. The summed E-state index contributed by atoms with van der Waals surface area (Å²) in [4.78, 5) is 18.0. The molecule has 0 bridgehead atoms. The van der Waals surface area contributed by atoms with E-state index < -0.39 is 0 Å². The third-order valence-corrected chi connectivity index (χ3v) is 5.94. The molecule has 0 atom stereocenters. The summed E-state index contributed by atoms with van der Waals surface area (Å²) in [6.07, 6.45) is 0. The molecule has 8 heteroatoms. The van der Waals surface area contributed by atoms with Gasteiger partial charge in [-0.25, -0.2) is 9.07 Å². The van der Waals surface area contributed by atoms with Crippen LogP contribution in [0, 0.1) is 12.7 Å². The number of H-pyrrole nitrogens is 1. The summed E-state index contributed by atoms with van der Waals surface area (Å²) in [5.74, 6) is 0.383.